The highest BCUT2D eigenvalue weighted by molar-refractivity contribution is 5.78. The van der Waals surface area contributed by atoms with Gasteiger partial charge in [-0.1, -0.05) is 259 Å². The normalized spacial score (nSPS) is 14.7. The standard InChI is InChI=1S/C65H130N4O3/c1-6-11-16-21-26-27-28-29-30-34-38-41-51-66(55-46-49-63(65(71)72)48-40-35-25-20-15-10-5)57-50-62-47-45-56-69(60-62)64(70)61-68(54-44-39-33-24-19-14-9-4)59-58-67(52-42-36-31-22-17-12-7-2)53-43-37-32-23-18-13-8-3/h62-63H,6-61H2,1-5H3,(H,71,72). The van der Waals surface area contributed by atoms with Gasteiger partial charge in [0.1, 0.15) is 0 Å². The minimum Gasteiger partial charge on any atom is -0.481 e. The van der Waals surface area contributed by atoms with Gasteiger partial charge >= 0.3 is 5.97 Å². The van der Waals surface area contributed by atoms with Crippen molar-refractivity contribution in [1.29, 1.82) is 0 Å². The second kappa shape index (κ2) is 53.2. The van der Waals surface area contributed by atoms with Crippen molar-refractivity contribution < 1.29 is 14.7 Å². The van der Waals surface area contributed by atoms with Crippen molar-refractivity contribution in [1.82, 2.24) is 19.6 Å². The average Bonchev–Trinajstić information content (AvgIpc) is 3.38. The van der Waals surface area contributed by atoms with Crippen molar-refractivity contribution in [2.75, 3.05) is 72.0 Å². The zero-order valence-corrected chi connectivity index (χ0v) is 49.8. The number of piperidine rings is 1. The first-order valence-corrected chi connectivity index (χ1v) is 33.1. The number of likely N-dealkylation sites (tertiary alicyclic amines) is 1. The van der Waals surface area contributed by atoms with Crippen molar-refractivity contribution >= 4 is 11.9 Å². The van der Waals surface area contributed by atoms with Crippen LogP contribution in [0.15, 0.2) is 0 Å². The van der Waals surface area contributed by atoms with Crippen LogP contribution in [-0.2, 0) is 9.59 Å². The van der Waals surface area contributed by atoms with Gasteiger partial charge in [0.05, 0.1) is 12.5 Å². The van der Waals surface area contributed by atoms with E-state index in [0.717, 1.165) is 90.9 Å². The molecule has 7 heteroatoms. The number of aliphatic carboxylic acids is 1. The molecular weight excluding hydrogens is 885 g/mol. The van der Waals surface area contributed by atoms with Gasteiger partial charge in [0.15, 0.2) is 0 Å². The number of carboxylic acid groups (broad SMARTS) is 1. The lowest BCUT2D eigenvalue weighted by molar-refractivity contribution is -0.142. The second-order valence-electron chi connectivity index (χ2n) is 23.6. The van der Waals surface area contributed by atoms with Crippen molar-refractivity contribution in [3.05, 3.63) is 0 Å². The smallest absolute Gasteiger partial charge is 0.306 e. The number of carbonyl (C=O) groups excluding carboxylic acids is 1. The van der Waals surface area contributed by atoms with Gasteiger partial charge in [-0.25, -0.2) is 0 Å². The summed E-state index contributed by atoms with van der Waals surface area (Å²) in [6.07, 6.45) is 58.1. The number of carboxylic acids is 1. The summed E-state index contributed by atoms with van der Waals surface area (Å²) in [5.41, 5.74) is 0. The van der Waals surface area contributed by atoms with E-state index in [1.54, 1.807) is 0 Å². The fourth-order valence-corrected chi connectivity index (χ4v) is 11.6. The van der Waals surface area contributed by atoms with E-state index < -0.39 is 5.97 Å². The van der Waals surface area contributed by atoms with Crippen LogP contribution in [0.4, 0.5) is 0 Å². The van der Waals surface area contributed by atoms with Gasteiger partial charge in [-0.05, 0) is 109 Å². The number of hydrogen-bond donors (Lipinski definition) is 1. The van der Waals surface area contributed by atoms with E-state index in [-0.39, 0.29) is 5.92 Å². The summed E-state index contributed by atoms with van der Waals surface area (Å²) in [7, 11) is 0. The summed E-state index contributed by atoms with van der Waals surface area (Å²) in [6.45, 7) is 22.7. The van der Waals surface area contributed by atoms with Crippen LogP contribution < -0.4 is 0 Å². The highest BCUT2D eigenvalue weighted by atomic mass is 16.4. The van der Waals surface area contributed by atoms with Crippen LogP contribution in [-0.4, -0.2) is 109 Å². The van der Waals surface area contributed by atoms with E-state index in [4.69, 9.17) is 0 Å². The van der Waals surface area contributed by atoms with Gasteiger partial charge in [0.2, 0.25) is 5.91 Å². The topological polar surface area (TPSA) is 67.3 Å². The third kappa shape index (κ3) is 43.0. The zero-order chi connectivity index (χ0) is 52.2. The van der Waals surface area contributed by atoms with Crippen LogP contribution in [0.3, 0.4) is 0 Å². The molecule has 0 aromatic heterocycles. The number of carbonyl (C=O) groups is 2. The van der Waals surface area contributed by atoms with E-state index >= 15 is 0 Å². The molecule has 7 nitrogen and oxygen atoms in total. The Labute approximate surface area is 451 Å². The Hall–Kier alpha value is -1.18. The monoisotopic (exact) mass is 1020 g/mol. The molecule has 1 heterocycles. The van der Waals surface area contributed by atoms with Gasteiger partial charge in [0, 0.05) is 26.2 Å². The van der Waals surface area contributed by atoms with Gasteiger partial charge in [-0.3, -0.25) is 14.5 Å². The fraction of sp³-hybridized carbons (Fsp3) is 0.969. The van der Waals surface area contributed by atoms with Crippen molar-refractivity contribution in [2.45, 2.75) is 324 Å². The lowest BCUT2D eigenvalue weighted by atomic mass is 9.94. The summed E-state index contributed by atoms with van der Waals surface area (Å²) >= 11 is 0. The SMILES string of the molecule is CCCCCCCCCCCCCCN(CCCC(CCCCCCCC)C(=O)O)CCC1CCCN(C(=O)CN(CCCCCCCCC)CCN(CCCCCCCCC)CCCCCCCCC)C1. The number of hydrogen-bond acceptors (Lipinski definition) is 5. The Morgan fingerprint density at radius 3 is 1.12 bits per heavy atom. The molecule has 0 spiro atoms. The van der Waals surface area contributed by atoms with Crippen LogP contribution in [0.2, 0.25) is 0 Å². The number of rotatable bonds is 57. The molecular formula is C65H130N4O3. The minimum absolute atomic E-state index is 0.203. The first-order valence-electron chi connectivity index (χ1n) is 33.1. The lowest BCUT2D eigenvalue weighted by Gasteiger charge is -2.36. The van der Waals surface area contributed by atoms with Crippen molar-refractivity contribution in [2.24, 2.45) is 11.8 Å². The molecule has 0 aromatic rings. The van der Waals surface area contributed by atoms with Crippen molar-refractivity contribution in [3.63, 3.8) is 0 Å². The Balaban J connectivity index is 2.89. The Morgan fingerprint density at radius 2 is 0.722 bits per heavy atom. The molecule has 0 radical (unpaired) electrons. The quantitative estimate of drug-likeness (QED) is 0.0613. The number of unbranched alkanes of at least 4 members (excludes halogenated alkanes) is 34. The number of nitrogens with zero attached hydrogens (tertiary/aromatic N) is 4. The van der Waals surface area contributed by atoms with E-state index in [1.165, 1.54) is 264 Å². The summed E-state index contributed by atoms with van der Waals surface area (Å²) < 4.78 is 0. The molecule has 0 aromatic carbocycles. The molecule has 2 atom stereocenters. The fourth-order valence-electron chi connectivity index (χ4n) is 11.6. The maximum absolute atomic E-state index is 14.3. The summed E-state index contributed by atoms with van der Waals surface area (Å²) in [5, 5.41) is 10.1. The highest BCUT2D eigenvalue weighted by Gasteiger charge is 2.26. The van der Waals surface area contributed by atoms with Gasteiger partial charge in [-0.2, -0.15) is 0 Å². The molecule has 1 fully saturated rings. The first kappa shape index (κ1) is 68.8. The zero-order valence-electron chi connectivity index (χ0n) is 49.8. The maximum Gasteiger partial charge on any atom is 0.306 e. The Morgan fingerprint density at radius 1 is 0.403 bits per heavy atom. The maximum atomic E-state index is 14.3. The summed E-state index contributed by atoms with van der Waals surface area (Å²) in [6, 6.07) is 0. The molecule has 428 valence electrons. The molecule has 72 heavy (non-hydrogen) atoms. The third-order valence-electron chi connectivity index (χ3n) is 16.7. The molecule has 0 aliphatic carbocycles. The predicted octanol–water partition coefficient (Wildman–Crippen LogP) is 18.7. The van der Waals surface area contributed by atoms with E-state index in [1.807, 2.05) is 0 Å². The summed E-state index contributed by atoms with van der Waals surface area (Å²) in [4.78, 5) is 36.9. The van der Waals surface area contributed by atoms with E-state index in [0.29, 0.717) is 18.4 Å². The minimum atomic E-state index is -0.590. The number of amides is 1. The first-order chi connectivity index (χ1) is 35.4. The molecule has 1 aliphatic rings. The summed E-state index contributed by atoms with van der Waals surface area (Å²) in [5.74, 6) is 0.133. The van der Waals surface area contributed by atoms with E-state index in [2.05, 4.69) is 54.2 Å². The van der Waals surface area contributed by atoms with E-state index in [9.17, 15) is 14.7 Å². The largest absolute Gasteiger partial charge is 0.481 e. The molecule has 1 rings (SSSR count). The van der Waals surface area contributed by atoms with Gasteiger partial charge in [-0.15, -0.1) is 0 Å². The van der Waals surface area contributed by atoms with Crippen LogP contribution in [0.5, 0.6) is 0 Å². The van der Waals surface area contributed by atoms with Gasteiger partial charge in [0.25, 0.3) is 0 Å². The molecule has 1 N–H and O–H groups in total. The average molecular weight is 1020 g/mol. The molecule has 1 aliphatic heterocycles. The molecule has 1 amide bonds. The Bertz CT molecular complexity index is 1120. The molecule has 0 bridgehead atoms. The van der Waals surface area contributed by atoms with Gasteiger partial charge < -0.3 is 19.8 Å². The lowest BCUT2D eigenvalue weighted by Crippen LogP contribution is -2.47. The van der Waals surface area contributed by atoms with Crippen LogP contribution in [0.25, 0.3) is 0 Å². The predicted molar refractivity (Wildman–Crippen MR) is 317 cm³/mol. The highest BCUT2D eigenvalue weighted by Crippen LogP contribution is 2.23. The van der Waals surface area contributed by atoms with Crippen molar-refractivity contribution in [3.8, 4) is 0 Å². The van der Waals surface area contributed by atoms with Crippen LogP contribution >= 0.6 is 0 Å². The molecule has 1 saturated heterocycles. The molecule has 0 saturated carbocycles. The second-order valence-corrected chi connectivity index (χ2v) is 23.6. The Kier molecular flexibility index (Phi) is 50.9. The molecule has 2 unspecified atom stereocenters. The third-order valence-corrected chi connectivity index (χ3v) is 16.7. The van der Waals surface area contributed by atoms with Crippen LogP contribution in [0, 0.1) is 11.8 Å². The van der Waals surface area contributed by atoms with Crippen LogP contribution in [0.1, 0.15) is 324 Å².